The average molecular weight is 522 g/mol. The molecule has 0 spiro atoms. The molecule has 4 aromatic rings. The van der Waals surface area contributed by atoms with Crippen LogP contribution in [0, 0.1) is 0 Å². The Hall–Kier alpha value is -3.23. The van der Waals surface area contributed by atoms with Crippen molar-refractivity contribution >= 4 is 50.2 Å². The molecule has 8 heteroatoms. The normalized spacial score (nSPS) is 16.1. The van der Waals surface area contributed by atoms with E-state index in [1.165, 1.54) is 11.3 Å². The summed E-state index contributed by atoms with van der Waals surface area (Å²) in [5.41, 5.74) is 3.49. The molecule has 2 aromatic heterocycles. The van der Waals surface area contributed by atoms with Gasteiger partial charge in [-0.2, -0.15) is 0 Å². The first-order valence-electron chi connectivity index (χ1n) is 10.5. The monoisotopic (exact) mass is 521 g/mol. The van der Waals surface area contributed by atoms with Gasteiger partial charge in [-0.25, -0.2) is 9.79 Å². The Morgan fingerprint density at radius 1 is 1.27 bits per heavy atom. The lowest BCUT2D eigenvalue weighted by molar-refractivity contribution is -0.139. The Bertz CT molecular complexity index is 1600. The van der Waals surface area contributed by atoms with E-state index in [9.17, 15) is 9.59 Å². The minimum Gasteiger partial charge on any atom is -0.463 e. The molecule has 0 bridgehead atoms. The number of rotatable bonds is 4. The van der Waals surface area contributed by atoms with Gasteiger partial charge in [-0.05, 0) is 43.7 Å². The van der Waals surface area contributed by atoms with E-state index in [4.69, 9.17) is 4.74 Å². The number of allylic oxidation sites excluding steroid dienone is 1. The van der Waals surface area contributed by atoms with E-state index < -0.39 is 12.0 Å². The fourth-order valence-corrected chi connectivity index (χ4v) is 5.52. The molecule has 33 heavy (non-hydrogen) atoms. The minimum absolute atomic E-state index is 0.189. The number of aromatic nitrogens is 2. The number of esters is 1. The summed E-state index contributed by atoms with van der Waals surface area (Å²) in [6.07, 6.45) is 3.76. The summed E-state index contributed by atoms with van der Waals surface area (Å²) >= 11 is 4.83. The maximum Gasteiger partial charge on any atom is 0.338 e. The topological polar surface area (TPSA) is 76.4 Å². The third-order valence-corrected chi connectivity index (χ3v) is 7.07. The summed E-state index contributed by atoms with van der Waals surface area (Å²) in [4.78, 5) is 35.0. The Morgan fingerprint density at radius 2 is 2.06 bits per heavy atom. The fourth-order valence-electron chi connectivity index (χ4n) is 4.12. The van der Waals surface area contributed by atoms with Crippen LogP contribution in [0.15, 0.2) is 80.3 Å². The van der Waals surface area contributed by atoms with Crippen LogP contribution in [0.4, 0.5) is 0 Å². The zero-order valence-electron chi connectivity index (χ0n) is 18.0. The van der Waals surface area contributed by atoms with Crippen molar-refractivity contribution in [2.24, 2.45) is 4.99 Å². The molecule has 2 aromatic carbocycles. The van der Waals surface area contributed by atoms with Crippen molar-refractivity contribution in [3.8, 4) is 0 Å². The van der Waals surface area contributed by atoms with Gasteiger partial charge in [-0.3, -0.25) is 9.36 Å². The van der Waals surface area contributed by atoms with Crippen molar-refractivity contribution in [3.63, 3.8) is 0 Å². The molecule has 0 unspecified atom stereocenters. The molecule has 0 radical (unpaired) electrons. The van der Waals surface area contributed by atoms with E-state index >= 15 is 0 Å². The lowest BCUT2D eigenvalue weighted by Crippen LogP contribution is -2.39. The number of nitrogens with zero attached hydrogens (tertiary/aromatic N) is 2. The summed E-state index contributed by atoms with van der Waals surface area (Å²) in [7, 11) is 0. The van der Waals surface area contributed by atoms with E-state index in [1.807, 2.05) is 60.8 Å². The van der Waals surface area contributed by atoms with Crippen LogP contribution in [-0.4, -0.2) is 22.1 Å². The second-order valence-electron chi connectivity index (χ2n) is 7.65. The molecule has 1 aliphatic heterocycles. The second-order valence-corrected chi connectivity index (χ2v) is 9.57. The molecular formula is C25H20BrN3O3S. The fraction of sp³-hybridized carbons (Fsp3) is 0.160. The smallest absolute Gasteiger partial charge is 0.338 e. The number of ether oxygens (including phenoxy) is 1. The van der Waals surface area contributed by atoms with Crippen molar-refractivity contribution in [2.45, 2.75) is 19.9 Å². The third-order valence-electron chi connectivity index (χ3n) is 5.59. The highest BCUT2D eigenvalue weighted by Crippen LogP contribution is 2.30. The van der Waals surface area contributed by atoms with Crippen molar-refractivity contribution in [2.75, 3.05) is 6.61 Å². The van der Waals surface area contributed by atoms with Crippen LogP contribution in [0.1, 0.15) is 31.0 Å². The van der Waals surface area contributed by atoms with Crippen molar-refractivity contribution in [3.05, 3.63) is 101 Å². The van der Waals surface area contributed by atoms with Crippen molar-refractivity contribution < 1.29 is 9.53 Å². The number of H-pyrrole nitrogens is 1. The molecule has 1 aliphatic rings. The number of fused-ring (bicyclic) bond motifs is 2. The zero-order valence-corrected chi connectivity index (χ0v) is 20.4. The third kappa shape index (κ3) is 3.79. The highest BCUT2D eigenvalue weighted by molar-refractivity contribution is 9.10. The maximum atomic E-state index is 13.6. The van der Waals surface area contributed by atoms with E-state index in [-0.39, 0.29) is 12.2 Å². The molecule has 166 valence electrons. The summed E-state index contributed by atoms with van der Waals surface area (Å²) in [5, 5.41) is 1.01. The van der Waals surface area contributed by atoms with Crippen molar-refractivity contribution in [1.82, 2.24) is 9.55 Å². The molecule has 5 rings (SSSR count). The number of aromatic amines is 1. The van der Waals surface area contributed by atoms with Gasteiger partial charge in [0.05, 0.1) is 28.5 Å². The van der Waals surface area contributed by atoms with Crippen LogP contribution in [0.25, 0.3) is 17.0 Å². The predicted octanol–water partition coefficient (Wildman–Crippen LogP) is 4.04. The summed E-state index contributed by atoms with van der Waals surface area (Å²) in [6, 6.07) is 14.9. The molecule has 0 fully saturated rings. The van der Waals surface area contributed by atoms with Gasteiger partial charge < -0.3 is 9.72 Å². The highest BCUT2D eigenvalue weighted by atomic mass is 79.9. The van der Waals surface area contributed by atoms with Gasteiger partial charge >= 0.3 is 5.97 Å². The van der Waals surface area contributed by atoms with Gasteiger partial charge in [0.2, 0.25) is 0 Å². The lowest BCUT2D eigenvalue weighted by Gasteiger charge is -2.24. The molecule has 3 heterocycles. The second kappa shape index (κ2) is 8.61. The van der Waals surface area contributed by atoms with Crippen LogP contribution < -0.4 is 14.9 Å². The molecule has 6 nitrogen and oxygen atoms in total. The standard InChI is InChI=1S/C25H20BrN3O3S/c1-3-32-24(31)21-14(2)28-25-29(22(21)15-7-5-4-6-8-15)23(30)20(33-25)11-16-13-27-19-10-9-17(26)12-18(16)19/h4-13,22,27H,3H2,1-2H3/b20-11-/t22-/m0/s1. The Labute approximate surface area is 201 Å². The Kier molecular flexibility index (Phi) is 5.64. The Morgan fingerprint density at radius 3 is 2.82 bits per heavy atom. The highest BCUT2D eigenvalue weighted by Gasteiger charge is 2.33. The van der Waals surface area contributed by atoms with Crippen LogP contribution >= 0.6 is 27.3 Å². The van der Waals surface area contributed by atoms with Gasteiger partial charge in [0.1, 0.15) is 0 Å². The number of benzene rings is 2. The largest absolute Gasteiger partial charge is 0.463 e. The van der Waals surface area contributed by atoms with E-state index in [0.717, 1.165) is 26.5 Å². The molecule has 1 atom stereocenters. The summed E-state index contributed by atoms with van der Waals surface area (Å²) in [5.74, 6) is -0.455. The number of halogens is 1. The van der Waals surface area contributed by atoms with E-state index in [2.05, 4.69) is 25.9 Å². The van der Waals surface area contributed by atoms with Crippen LogP contribution in [-0.2, 0) is 9.53 Å². The van der Waals surface area contributed by atoms with Gasteiger partial charge in [-0.15, -0.1) is 0 Å². The van der Waals surface area contributed by atoms with Gasteiger partial charge in [0.15, 0.2) is 4.80 Å². The lowest BCUT2D eigenvalue weighted by atomic mass is 9.96. The summed E-state index contributed by atoms with van der Waals surface area (Å²) < 4.78 is 8.44. The Balaban J connectivity index is 1.74. The SMILES string of the molecule is CCOC(=O)C1=C(C)N=c2s/c(=C\c3c[nH]c4ccc(Br)cc34)c(=O)n2[C@H]1c1ccccc1. The van der Waals surface area contributed by atoms with Crippen LogP contribution in [0.3, 0.4) is 0 Å². The molecule has 0 saturated carbocycles. The summed E-state index contributed by atoms with van der Waals surface area (Å²) in [6.45, 7) is 3.80. The molecule has 0 aliphatic carbocycles. The first kappa shape index (κ1) is 21.6. The van der Waals surface area contributed by atoms with E-state index in [1.54, 1.807) is 18.4 Å². The number of hydrogen-bond acceptors (Lipinski definition) is 5. The minimum atomic E-state index is -0.597. The van der Waals surface area contributed by atoms with Crippen molar-refractivity contribution in [1.29, 1.82) is 0 Å². The zero-order chi connectivity index (χ0) is 23.1. The predicted molar refractivity (Wildman–Crippen MR) is 133 cm³/mol. The number of carbonyl (C=O) groups excluding carboxylic acids is 1. The number of hydrogen-bond donors (Lipinski definition) is 1. The molecule has 0 saturated heterocycles. The maximum absolute atomic E-state index is 13.6. The first-order valence-corrected chi connectivity index (χ1v) is 12.1. The van der Waals surface area contributed by atoms with Gasteiger partial charge in [-0.1, -0.05) is 57.6 Å². The number of thiazole rings is 1. The van der Waals surface area contributed by atoms with Crippen LogP contribution in [0.5, 0.6) is 0 Å². The molecule has 1 N–H and O–H groups in total. The van der Waals surface area contributed by atoms with Gasteiger partial charge in [0, 0.05) is 27.1 Å². The molecular weight excluding hydrogens is 502 g/mol. The average Bonchev–Trinajstić information content (AvgIpc) is 3.34. The number of carbonyl (C=O) groups is 1. The number of nitrogens with one attached hydrogen (secondary N) is 1. The van der Waals surface area contributed by atoms with E-state index in [0.29, 0.717) is 20.6 Å². The quantitative estimate of drug-likeness (QED) is 0.411. The first-order chi connectivity index (χ1) is 16.0. The van der Waals surface area contributed by atoms with Crippen LogP contribution in [0.2, 0.25) is 0 Å². The van der Waals surface area contributed by atoms with Gasteiger partial charge in [0.25, 0.3) is 5.56 Å². The molecule has 0 amide bonds.